The number of ether oxygens (including phenoxy) is 2. The summed E-state index contributed by atoms with van der Waals surface area (Å²) in [5.74, 6) is -0.497. The van der Waals surface area contributed by atoms with Crippen LogP contribution < -0.4 is 4.90 Å². The Hall–Kier alpha value is -2.72. The lowest BCUT2D eigenvalue weighted by molar-refractivity contribution is -0.162. The van der Waals surface area contributed by atoms with Crippen molar-refractivity contribution in [1.82, 2.24) is 14.7 Å². The lowest BCUT2D eigenvalue weighted by atomic mass is 9.75. The standard InChI is InChI=1S/C29H41FN4O5/c1-22(35)31(2)29(10-19-38-20-11-29)26(36)34-13-8-28(9-14-34)21-25(39-27(28)37)7-12-32-15-17-33(18-16-32)24-5-3-23(30)4-6-24/h3-6,25H,7-21H2,1-2H3/t25-/m0/s1. The molecule has 0 saturated carbocycles. The van der Waals surface area contributed by atoms with Crippen LogP contribution in [0.25, 0.3) is 0 Å². The largest absolute Gasteiger partial charge is 0.462 e. The number of anilines is 1. The number of piperazine rings is 1. The van der Waals surface area contributed by atoms with Crippen LogP contribution in [0.5, 0.6) is 0 Å². The zero-order chi connectivity index (χ0) is 27.6. The summed E-state index contributed by atoms with van der Waals surface area (Å²) in [6.07, 6.45) is 3.59. The highest BCUT2D eigenvalue weighted by Crippen LogP contribution is 2.44. The first-order chi connectivity index (χ1) is 18.7. The molecule has 0 radical (unpaired) electrons. The fourth-order valence-electron chi connectivity index (χ4n) is 6.75. The summed E-state index contributed by atoms with van der Waals surface area (Å²) in [5.41, 5.74) is -0.338. The third-order valence-corrected chi connectivity index (χ3v) is 9.50. The van der Waals surface area contributed by atoms with Gasteiger partial charge in [0.05, 0.1) is 5.41 Å². The second-order valence-electron chi connectivity index (χ2n) is 11.6. The molecule has 1 aromatic rings. The molecule has 9 nitrogen and oxygen atoms in total. The Balaban J connectivity index is 1.11. The molecule has 0 aliphatic carbocycles. The van der Waals surface area contributed by atoms with Crippen LogP contribution in [-0.4, -0.2) is 110 Å². The van der Waals surface area contributed by atoms with Crippen LogP contribution in [0.15, 0.2) is 24.3 Å². The first-order valence-electron chi connectivity index (χ1n) is 14.3. The number of esters is 1. The van der Waals surface area contributed by atoms with Gasteiger partial charge in [0.25, 0.3) is 0 Å². The van der Waals surface area contributed by atoms with Crippen molar-refractivity contribution >= 4 is 23.5 Å². The molecule has 4 fully saturated rings. The van der Waals surface area contributed by atoms with Crippen LogP contribution in [-0.2, 0) is 23.9 Å². The molecule has 4 saturated heterocycles. The molecule has 2 amide bonds. The summed E-state index contributed by atoms with van der Waals surface area (Å²) < 4.78 is 24.6. The summed E-state index contributed by atoms with van der Waals surface area (Å²) in [4.78, 5) is 47.1. The fourth-order valence-corrected chi connectivity index (χ4v) is 6.75. The zero-order valence-corrected chi connectivity index (χ0v) is 23.2. The van der Waals surface area contributed by atoms with Crippen molar-refractivity contribution in [2.45, 2.75) is 57.1 Å². The molecular formula is C29H41FN4O5. The molecule has 39 heavy (non-hydrogen) atoms. The van der Waals surface area contributed by atoms with E-state index in [2.05, 4.69) is 9.80 Å². The number of amides is 2. The first-order valence-corrected chi connectivity index (χ1v) is 14.3. The number of cyclic esters (lactones) is 1. The van der Waals surface area contributed by atoms with E-state index < -0.39 is 11.0 Å². The van der Waals surface area contributed by atoms with Gasteiger partial charge in [-0.15, -0.1) is 0 Å². The molecule has 10 heteroatoms. The molecule has 1 aromatic carbocycles. The summed E-state index contributed by atoms with van der Waals surface area (Å²) >= 11 is 0. The number of halogens is 1. The van der Waals surface area contributed by atoms with Gasteiger partial charge in [0.1, 0.15) is 17.5 Å². The van der Waals surface area contributed by atoms with Gasteiger partial charge >= 0.3 is 5.97 Å². The molecule has 0 N–H and O–H groups in total. The number of nitrogens with zero attached hydrogens (tertiary/aromatic N) is 4. The van der Waals surface area contributed by atoms with E-state index in [1.54, 1.807) is 11.9 Å². The predicted octanol–water partition coefficient (Wildman–Crippen LogP) is 2.29. The van der Waals surface area contributed by atoms with Crippen molar-refractivity contribution in [3.63, 3.8) is 0 Å². The van der Waals surface area contributed by atoms with Gasteiger partial charge in [0.2, 0.25) is 11.8 Å². The molecule has 0 bridgehead atoms. The molecule has 0 unspecified atom stereocenters. The van der Waals surface area contributed by atoms with Gasteiger partial charge in [-0.2, -0.15) is 0 Å². The Morgan fingerprint density at radius 1 is 1.00 bits per heavy atom. The third kappa shape index (κ3) is 5.63. The highest BCUT2D eigenvalue weighted by molar-refractivity contribution is 5.91. The monoisotopic (exact) mass is 544 g/mol. The minimum atomic E-state index is -0.867. The SMILES string of the molecule is CC(=O)N(C)C1(C(=O)N2CCC3(CC2)C[C@H](CCN2CCN(c4ccc(F)cc4)CC2)OC3=O)CCOCC1. The van der Waals surface area contributed by atoms with Gasteiger partial charge in [0, 0.05) is 97.9 Å². The summed E-state index contributed by atoms with van der Waals surface area (Å²) in [5, 5.41) is 0. The Morgan fingerprint density at radius 2 is 1.64 bits per heavy atom. The van der Waals surface area contributed by atoms with Crippen LogP contribution in [0, 0.1) is 11.2 Å². The van der Waals surface area contributed by atoms with Crippen molar-refractivity contribution in [3.05, 3.63) is 30.1 Å². The van der Waals surface area contributed by atoms with E-state index >= 15 is 0 Å². The number of benzene rings is 1. The normalized spacial score (nSPS) is 25.0. The molecular weight excluding hydrogens is 503 g/mol. The van der Waals surface area contributed by atoms with Crippen LogP contribution in [0.3, 0.4) is 0 Å². The quantitative estimate of drug-likeness (QED) is 0.509. The van der Waals surface area contributed by atoms with Gasteiger partial charge in [-0.25, -0.2) is 4.39 Å². The van der Waals surface area contributed by atoms with Gasteiger partial charge in [-0.05, 0) is 43.5 Å². The predicted molar refractivity (Wildman–Crippen MR) is 144 cm³/mol. The average molecular weight is 545 g/mol. The van der Waals surface area contributed by atoms with E-state index in [-0.39, 0.29) is 29.7 Å². The highest BCUT2D eigenvalue weighted by atomic mass is 19.1. The number of likely N-dealkylation sites (tertiary alicyclic amines) is 1. The van der Waals surface area contributed by atoms with E-state index in [9.17, 15) is 18.8 Å². The van der Waals surface area contributed by atoms with E-state index in [4.69, 9.17) is 9.47 Å². The van der Waals surface area contributed by atoms with Crippen molar-refractivity contribution in [3.8, 4) is 0 Å². The number of carbonyl (C=O) groups is 3. The van der Waals surface area contributed by atoms with Crippen LogP contribution in [0.2, 0.25) is 0 Å². The maximum atomic E-state index is 13.7. The number of hydrogen-bond acceptors (Lipinski definition) is 7. The Labute approximate surface area is 230 Å². The van der Waals surface area contributed by atoms with Gasteiger partial charge in [0.15, 0.2) is 0 Å². The molecule has 0 aromatic heterocycles. The number of rotatable bonds is 6. The van der Waals surface area contributed by atoms with Crippen molar-refractivity contribution < 1.29 is 28.2 Å². The zero-order valence-electron chi connectivity index (χ0n) is 23.2. The average Bonchev–Trinajstić information content (AvgIpc) is 3.26. The topological polar surface area (TPSA) is 82.6 Å². The lowest BCUT2D eigenvalue weighted by Gasteiger charge is -2.47. The minimum absolute atomic E-state index is 0.0268. The van der Waals surface area contributed by atoms with Crippen molar-refractivity contribution in [1.29, 1.82) is 0 Å². The van der Waals surface area contributed by atoms with Gasteiger partial charge < -0.3 is 24.2 Å². The molecule has 4 heterocycles. The molecule has 1 spiro atoms. The van der Waals surface area contributed by atoms with Crippen LogP contribution in [0.4, 0.5) is 10.1 Å². The second-order valence-corrected chi connectivity index (χ2v) is 11.6. The molecule has 4 aliphatic heterocycles. The highest BCUT2D eigenvalue weighted by Gasteiger charge is 2.53. The molecule has 5 rings (SSSR count). The van der Waals surface area contributed by atoms with Gasteiger partial charge in [-0.3, -0.25) is 19.3 Å². The lowest BCUT2D eigenvalue weighted by Crippen LogP contribution is -2.63. The van der Waals surface area contributed by atoms with Crippen LogP contribution >= 0.6 is 0 Å². The number of likely N-dealkylation sites (N-methyl/N-ethyl adjacent to an activating group) is 1. The number of hydrogen-bond donors (Lipinski definition) is 0. The van der Waals surface area contributed by atoms with Crippen molar-refractivity contribution in [2.24, 2.45) is 5.41 Å². The summed E-state index contributed by atoms with van der Waals surface area (Å²) in [6.45, 7) is 7.89. The van der Waals surface area contributed by atoms with E-state index in [0.29, 0.717) is 58.4 Å². The Kier molecular flexibility index (Phi) is 8.14. The summed E-state index contributed by atoms with van der Waals surface area (Å²) in [7, 11) is 1.71. The molecule has 1 atom stereocenters. The first kappa shape index (κ1) is 27.8. The smallest absolute Gasteiger partial charge is 0.312 e. The van der Waals surface area contributed by atoms with E-state index in [1.165, 1.54) is 19.1 Å². The van der Waals surface area contributed by atoms with E-state index in [1.807, 2.05) is 17.0 Å². The summed E-state index contributed by atoms with van der Waals surface area (Å²) in [6, 6.07) is 6.65. The van der Waals surface area contributed by atoms with E-state index in [0.717, 1.165) is 44.8 Å². The Bertz CT molecular complexity index is 1040. The number of carbonyl (C=O) groups excluding carboxylic acids is 3. The maximum Gasteiger partial charge on any atom is 0.312 e. The second kappa shape index (κ2) is 11.4. The van der Waals surface area contributed by atoms with Crippen LogP contribution in [0.1, 0.15) is 45.4 Å². The molecule has 4 aliphatic rings. The fraction of sp³-hybridized carbons (Fsp3) is 0.690. The maximum absolute atomic E-state index is 13.7. The molecule has 214 valence electrons. The Morgan fingerprint density at radius 3 is 2.26 bits per heavy atom. The minimum Gasteiger partial charge on any atom is -0.462 e. The number of piperidine rings is 1. The van der Waals surface area contributed by atoms with Crippen molar-refractivity contribution in [2.75, 3.05) is 71.0 Å². The third-order valence-electron chi connectivity index (χ3n) is 9.50. The van der Waals surface area contributed by atoms with Gasteiger partial charge in [-0.1, -0.05) is 0 Å².